The van der Waals surface area contributed by atoms with Crippen LogP contribution in [-0.4, -0.2) is 27.3 Å². The normalized spacial score (nSPS) is 13.2. The zero-order valence-electron chi connectivity index (χ0n) is 10.6. The van der Waals surface area contributed by atoms with Crippen LogP contribution in [-0.2, 0) is 13.6 Å². The van der Waals surface area contributed by atoms with Crippen LogP contribution < -0.4 is 5.32 Å². The number of aromatic nitrogens is 2. The van der Waals surface area contributed by atoms with Gasteiger partial charge in [0.25, 0.3) is 0 Å². The lowest BCUT2D eigenvalue weighted by Crippen LogP contribution is -2.25. The van der Waals surface area contributed by atoms with Gasteiger partial charge in [-0.05, 0) is 25.5 Å². The molecule has 1 atom stereocenters. The maximum atomic E-state index is 9.19. The van der Waals surface area contributed by atoms with Crippen molar-refractivity contribution in [2.75, 3.05) is 6.54 Å². The molecule has 1 heterocycles. The number of imidazole rings is 1. The number of para-hydroxylation sites is 1. The first-order valence-corrected chi connectivity index (χ1v) is 5.89. The molecule has 2 N–H and O–H groups in total. The standard InChI is InChI=1S/C13H19N3O/c1-9-5-4-6-11-13(9)16(3)12(15-11)8-14-7-10(2)17/h4-6,10,14,17H,7-8H2,1-3H3/t10-/m1/s1. The molecule has 17 heavy (non-hydrogen) atoms. The smallest absolute Gasteiger partial charge is 0.123 e. The summed E-state index contributed by atoms with van der Waals surface area (Å²) in [7, 11) is 2.03. The summed E-state index contributed by atoms with van der Waals surface area (Å²) in [5.41, 5.74) is 3.45. The molecule has 0 aliphatic heterocycles. The van der Waals surface area contributed by atoms with Crippen molar-refractivity contribution in [2.45, 2.75) is 26.5 Å². The summed E-state index contributed by atoms with van der Waals surface area (Å²) in [6, 6.07) is 6.15. The molecule has 0 spiro atoms. The zero-order valence-corrected chi connectivity index (χ0v) is 10.6. The zero-order chi connectivity index (χ0) is 12.4. The molecule has 1 aromatic carbocycles. The molecule has 2 aromatic rings. The lowest BCUT2D eigenvalue weighted by Gasteiger charge is -2.07. The molecule has 1 aromatic heterocycles. The SMILES string of the molecule is Cc1cccc2nc(CNC[C@@H](C)O)n(C)c12. The first kappa shape index (κ1) is 12.1. The van der Waals surface area contributed by atoms with Crippen molar-refractivity contribution in [1.82, 2.24) is 14.9 Å². The van der Waals surface area contributed by atoms with Crippen LogP contribution in [0.3, 0.4) is 0 Å². The number of aliphatic hydroxyl groups excluding tert-OH is 1. The summed E-state index contributed by atoms with van der Waals surface area (Å²) in [4.78, 5) is 4.59. The van der Waals surface area contributed by atoms with Crippen LogP contribution in [0.4, 0.5) is 0 Å². The largest absolute Gasteiger partial charge is 0.392 e. The van der Waals surface area contributed by atoms with Crippen LogP contribution in [0.5, 0.6) is 0 Å². The van der Waals surface area contributed by atoms with Gasteiger partial charge < -0.3 is 15.0 Å². The Hall–Kier alpha value is -1.39. The molecular weight excluding hydrogens is 214 g/mol. The van der Waals surface area contributed by atoms with E-state index in [9.17, 15) is 5.11 Å². The molecule has 0 bridgehead atoms. The summed E-state index contributed by atoms with van der Waals surface area (Å²) in [5, 5.41) is 12.4. The van der Waals surface area contributed by atoms with E-state index >= 15 is 0 Å². The molecule has 4 heteroatoms. The Morgan fingerprint density at radius 1 is 1.47 bits per heavy atom. The minimum atomic E-state index is -0.327. The van der Waals surface area contributed by atoms with Crippen molar-refractivity contribution < 1.29 is 5.11 Å². The summed E-state index contributed by atoms with van der Waals surface area (Å²) in [6.45, 7) is 5.13. The van der Waals surface area contributed by atoms with Crippen molar-refractivity contribution >= 4 is 11.0 Å². The van der Waals surface area contributed by atoms with Crippen LogP contribution >= 0.6 is 0 Å². The van der Waals surface area contributed by atoms with Crippen LogP contribution in [0.15, 0.2) is 18.2 Å². The maximum absolute atomic E-state index is 9.19. The molecule has 0 radical (unpaired) electrons. The highest BCUT2D eigenvalue weighted by atomic mass is 16.3. The van der Waals surface area contributed by atoms with Crippen LogP contribution in [0.25, 0.3) is 11.0 Å². The summed E-state index contributed by atoms with van der Waals surface area (Å²) >= 11 is 0. The number of nitrogens with one attached hydrogen (secondary N) is 1. The van der Waals surface area contributed by atoms with Gasteiger partial charge in [-0.15, -0.1) is 0 Å². The molecule has 0 amide bonds. The maximum Gasteiger partial charge on any atom is 0.123 e. The van der Waals surface area contributed by atoms with Crippen LogP contribution in [0, 0.1) is 6.92 Å². The second kappa shape index (κ2) is 4.85. The van der Waals surface area contributed by atoms with Gasteiger partial charge in [0.05, 0.1) is 23.7 Å². The van der Waals surface area contributed by atoms with E-state index in [0.717, 1.165) is 11.3 Å². The number of hydrogen-bond acceptors (Lipinski definition) is 3. The fraction of sp³-hybridized carbons (Fsp3) is 0.462. The number of fused-ring (bicyclic) bond motifs is 1. The predicted octanol–water partition coefficient (Wildman–Crippen LogP) is 1.35. The summed E-state index contributed by atoms with van der Waals surface area (Å²) in [6.07, 6.45) is -0.327. The fourth-order valence-electron chi connectivity index (χ4n) is 2.06. The van der Waals surface area contributed by atoms with E-state index in [4.69, 9.17) is 0 Å². The van der Waals surface area contributed by atoms with Crippen LogP contribution in [0.2, 0.25) is 0 Å². The van der Waals surface area contributed by atoms with E-state index in [1.807, 2.05) is 19.2 Å². The summed E-state index contributed by atoms with van der Waals surface area (Å²) < 4.78 is 2.11. The second-order valence-electron chi connectivity index (χ2n) is 4.51. The minimum absolute atomic E-state index is 0.327. The van der Waals surface area contributed by atoms with Gasteiger partial charge in [-0.25, -0.2) is 4.98 Å². The quantitative estimate of drug-likeness (QED) is 0.838. The van der Waals surface area contributed by atoms with Gasteiger partial charge in [0.2, 0.25) is 0 Å². The molecule has 0 unspecified atom stereocenters. The number of aryl methyl sites for hydroxylation is 2. The molecular formula is C13H19N3O. The van der Waals surface area contributed by atoms with E-state index in [2.05, 4.69) is 27.9 Å². The molecule has 4 nitrogen and oxygen atoms in total. The third kappa shape index (κ3) is 2.48. The van der Waals surface area contributed by atoms with Crippen molar-refractivity contribution in [2.24, 2.45) is 7.05 Å². The van der Waals surface area contributed by atoms with Crippen molar-refractivity contribution in [1.29, 1.82) is 0 Å². The van der Waals surface area contributed by atoms with E-state index in [1.165, 1.54) is 11.1 Å². The van der Waals surface area contributed by atoms with Gasteiger partial charge in [-0.3, -0.25) is 0 Å². The molecule has 0 aliphatic rings. The third-order valence-corrected chi connectivity index (χ3v) is 2.91. The van der Waals surface area contributed by atoms with Crippen molar-refractivity contribution in [3.63, 3.8) is 0 Å². The second-order valence-corrected chi connectivity index (χ2v) is 4.51. The fourth-order valence-corrected chi connectivity index (χ4v) is 2.06. The Bertz CT molecular complexity index is 517. The molecule has 0 aliphatic carbocycles. The summed E-state index contributed by atoms with van der Waals surface area (Å²) in [5.74, 6) is 0.995. The number of hydrogen-bond donors (Lipinski definition) is 2. The van der Waals surface area contributed by atoms with E-state index in [1.54, 1.807) is 6.92 Å². The van der Waals surface area contributed by atoms with Gasteiger partial charge in [-0.1, -0.05) is 12.1 Å². The monoisotopic (exact) mass is 233 g/mol. The third-order valence-electron chi connectivity index (χ3n) is 2.91. The highest BCUT2D eigenvalue weighted by molar-refractivity contribution is 5.79. The number of rotatable bonds is 4. The molecule has 0 fully saturated rings. The van der Waals surface area contributed by atoms with E-state index < -0.39 is 0 Å². The Kier molecular flexibility index (Phi) is 3.45. The number of benzene rings is 1. The van der Waals surface area contributed by atoms with E-state index in [0.29, 0.717) is 13.1 Å². The Morgan fingerprint density at radius 3 is 2.88 bits per heavy atom. The first-order valence-electron chi connectivity index (χ1n) is 5.89. The van der Waals surface area contributed by atoms with Gasteiger partial charge in [0, 0.05) is 13.6 Å². The Balaban J connectivity index is 2.24. The highest BCUT2D eigenvalue weighted by Crippen LogP contribution is 2.18. The molecule has 0 saturated carbocycles. The highest BCUT2D eigenvalue weighted by Gasteiger charge is 2.08. The molecule has 0 saturated heterocycles. The molecule has 2 rings (SSSR count). The topological polar surface area (TPSA) is 50.1 Å². The molecule has 92 valence electrons. The lowest BCUT2D eigenvalue weighted by molar-refractivity contribution is 0.190. The minimum Gasteiger partial charge on any atom is -0.392 e. The predicted molar refractivity (Wildman–Crippen MR) is 68.8 cm³/mol. The van der Waals surface area contributed by atoms with Gasteiger partial charge in [0.1, 0.15) is 5.82 Å². The van der Waals surface area contributed by atoms with E-state index in [-0.39, 0.29) is 6.10 Å². The Morgan fingerprint density at radius 2 is 2.24 bits per heavy atom. The average Bonchev–Trinajstić information content (AvgIpc) is 2.57. The van der Waals surface area contributed by atoms with Gasteiger partial charge in [0.15, 0.2) is 0 Å². The number of aliphatic hydroxyl groups is 1. The lowest BCUT2D eigenvalue weighted by atomic mass is 10.2. The van der Waals surface area contributed by atoms with Gasteiger partial charge in [-0.2, -0.15) is 0 Å². The van der Waals surface area contributed by atoms with Crippen molar-refractivity contribution in [3.05, 3.63) is 29.6 Å². The average molecular weight is 233 g/mol. The first-order chi connectivity index (χ1) is 8.09. The van der Waals surface area contributed by atoms with Crippen molar-refractivity contribution in [3.8, 4) is 0 Å². The van der Waals surface area contributed by atoms with Gasteiger partial charge >= 0.3 is 0 Å². The van der Waals surface area contributed by atoms with Crippen LogP contribution in [0.1, 0.15) is 18.3 Å². The Labute approximate surface area is 101 Å². The number of nitrogens with zero attached hydrogens (tertiary/aromatic N) is 2.